The van der Waals surface area contributed by atoms with Gasteiger partial charge in [-0.3, -0.25) is 4.79 Å². The number of piperidine rings is 1. The van der Waals surface area contributed by atoms with Crippen LogP contribution in [0.15, 0.2) is 18.2 Å². The van der Waals surface area contributed by atoms with Gasteiger partial charge in [0.2, 0.25) is 0 Å². The van der Waals surface area contributed by atoms with E-state index < -0.39 is 0 Å². The Labute approximate surface area is 125 Å². The number of methoxy groups -OCH3 is 3. The largest absolute Gasteiger partial charge is 0.493 e. The normalized spacial score (nSPS) is 18.4. The zero-order valence-electron chi connectivity index (χ0n) is 12.9. The SMILES string of the molecule is COCC1CCCN(C(=O)c2ccc(OC)c(OC)c2)C1. The summed E-state index contributed by atoms with van der Waals surface area (Å²) in [6, 6.07) is 5.29. The van der Waals surface area contributed by atoms with Gasteiger partial charge in [-0.2, -0.15) is 0 Å². The van der Waals surface area contributed by atoms with Crippen LogP contribution < -0.4 is 9.47 Å². The molecule has 2 rings (SSSR count). The van der Waals surface area contributed by atoms with Crippen LogP contribution in [0.5, 0.6) is 11.5 Å². The van der Waals surface area contributed by atoms with E-state index in [1.807, 2.05) is 4.90 Å². The lowest BCUT2D eigenvalue weighted by atomic mass is 9.98. The van der Waals surface area contributed by atoms with Crippen molar-refractivity contribution in [3.63, 3.8) is 0 Å². The molecule has 1 aliphatic rings. The molecule has 1 aliphatic heterocycles. The summed E-state index contributed by atoms with van der Waals surface area (Å²) in [5.41, 5.74) is 0.630. The van der Waals surface area contributed by atoms with Gasteiger partial charge in [0, 0.05) is 25.8 Å². The van der Waals surface area contributed by atoms with Crippen LogP contribution in [0.25, 0.3) is 0 Å². The number of likely N-dealkylation sites (tertiary alicyclic amines) is 1. The van der Waals surface area contributed by atoms with E-state index in [1.165, 1.54) is 0 Å². The first-order valence-corrected chi connectivity index (χ1v) is 7.19. The summed E-state index contributed by atoms with van der Waals surface area (Å²) < 4.78 is 15.7. The molecule has 0 saturated carbocycles. The fraction of sp³-hybridized carbons (Fsp3) is 0.562. The molecule has 1 unspecified atom stereocenters. The van der Waals surface area contributed by atoms with E-state index in [2.05, 4.69) is 0 Å². The van der Waals surface area contributed by atoms with Gasteiger partial charge in [-0.1, -0.05) is 0 Å². The molecule has 0 bridgehead atoms. The van der Waals surface area contributed by atoms with Crippen LogP contribution in [0.2, 0.25) is 0 Å². The number of benzene rings is 1. The average Bonchev–Trinajstić information content (AvgIpc) is 2.54. The lowest BCUT2D eigenvalue weighted by molar-refractivity contribution is 0.0570. The van der Waals surface area contributed by atoms with Gasteiger partial charge in [0.1, 0.15) is 0 Å². The molecule has 1 heterocycles. The zero-order valence-corrected chi connectivity index (χ0v) is 12.9. The molecule has 21 heavy (non-hydrogen) atoms. The van der Waals surface area contributed by atoms with Crippen molar-refractivity contribution >= 4 is 5.91 Å². The second-order valence-corrected chi connectivity index (χ2v) is 5.28. The number of hydrogen-bond acceptors (Lipinski definition) is 4. The van der Waals surface area contributed by atoms with E-state index in [-0.39, 0.29) is 5.91 Å². The van der Waals surface area contributed by atoms with Crippen LogP contribution >= 0.6 is 0 Å². The highest BCUT2D eigenvalue weighted by atomic mass is 16.5. The maximum absolute atomic E-state index is 12.6. The predicted octanol–water partition coefficient (Wildman–Crippen LogP) is 2.20. The van der Waals surface area contributed by atoms with E-state index in [0.29, 0.717) is 29.6 Å². The van der Waals surface area contributed by atoms with Crippen LogP contribution in [-0.2, 0) is 4.74 Å². The van der Waals surface area contributed by atoms with Crippen LogP contribution in [-0.4, -0.2) is 51.8 Å². The third kappa shape index (κ3) is 3.67. The summed E-state index contributed by atoms with van der Waals surface area (Å²) in [5, 5.41) is 0. The number of ether oxygens (including phenoxy) is 3. The Hall–Kier alpha value is -1.75. The monoisotopic (exact) mass is 293 g/mol. The van der Waals surface area contributed by atoms with Gasteiger partial charge in [0.15, 0.2) is 11.5 Å². The van der Waals surface area contributed by atoms with E-state index in [4.69, 9.17) is 14.2 Å². The lowest BCUT2D eigenvalue weighted by Crippen LogP contribution is -2.41. The zero-order chi connectivity index (χ0) is 15.2. The predicted molar refractivity (Wildman–Crippen MR) is 80.0 cm³/mol. The molecule has 116 valence electrons. The second kappa shape index (κ2) is 7.31. The van der Waals surface area contributed by atoms with Crippen molar-refractivity contribution in [2.24, 2.45) is 5.92 Å². The molecule has 0 N–H and O–H groups in total. The highest BCUT2D eigenvalue weighted by Gasteiger charge is 2.25. The first-order chi connectivity index (χ1) is 10.2. The summed E-state index contributed by atoms with van der Waals surface area (Å²) in [4.78, 5) is 14.5. The molecule has 0 radical (unpaired) electrons. The molecule has 5 heteroatoms. The summed E-state index contributed by atoms with van der Waals surface area (Å²) >= 11 is 0. The standard InChI is InChI=1S/C16H23NO4/c1-19-11-12-5-4-8-17(10-12)16(18)13-6-7-14(20-2)15(9-13)21-3/h6-7,9,12H,4-5,8,10-11H2,1-3H3. The van der Waals surface area contributed by atoms with E-state index in [9.17, 15) is 4.79 Å². The third-order valence-corrected chi connectivity index (χ3v) is 3.84. The van der Waals surface area contributed by atoms with Crippen LogP contribution in [0.4, 0.5) is 0 Å². The lowest BCUT2D eigenvalue weighted by Gasteiger charge is -2.32. The molecule has 0 aliphatic carbocycles. The molecule has 1 atom stereocenters. The summed E-state index contributed by atoms with van der Waals surface area (Å²) in [5.74, 6) is 1.67. The molecule has 1 fully saturated rings. The smallest absolute Gasteiger partial charge is 0.254 e. The quantitative estimate of drug-likeness (QED) is 0.835. The summed E-state index contributed by atoms with van der Waals surface area (Å²) in [6.07, 6.45) is 2.14. The van der Waals surface area contributed by atoms with Crippen molar-refractivity contribution in [3.05, 3.63) is 23.8 Å². The molecular formula is C16H23NO4. The van der Waals surface area contributed by atoms with E-state index >= 15 is 0 Å². The van der Waals surface area contributed by atoms with Crippen LogP contribution in [0, 0.1) is 5.92 Å². The number of amides is 1. The minimum Gasteiger partial charge on any atom is -0.493 e. The Morgan fingerprint density at radius 2 is 2.00 bits per heavy atom. The van der Waals surface area contributed by atoms with Gasteiger partial charge >= 0.3 is 0 Å². The van der Waals surface area contributed by atoms with Crippen molar-refractivity contribution < 1.29 is 19.0 Å². The van der Waals surface area contributed by atoms with Crippen molar-refractivity contribution in [2.45, 2.75) is 12.8 Å². The van der Waals surface area contributed by atoms with Gasteiger partial charge < -0.3 is 19.1 Å². The Morgan fingerprint density at radius 3 is 2.67 bits per heavy atom. The van der Waals surface area contributed by atoms with Gasteiger partial charge in [-0.25, -0.2) is 0 Å². The average molecular weight is 293 g/mol. The molecule has 5 nitrogen and oxygen atoms in total. The minimum absolute atomic E-state index is 0.0387. The minimum atomic E-state index is 0.0387. The molecule has 1 amide bonds. The fourth-order valence-corrected chi connectivity index (χ4v) is 2.77. The van der Waals surface area contributed by atoms with Crippen molar-refractivity contribution in [1.82, 2.24) is 4.90 Å². The number of carbonyl (C=O) groups is 1. The highest BCUT2D eigenvalue weighted by Crippen LogP contribution is 2.28. The first-order valence-electron chi connectivity index (χ1n) is 7.19. The summed E-state index contributed by atoms with van der Waals surface area (Å²) in [7, 11) is 4.86. The molecular weight excluding hydrogens is 270 g/mol. The molecule has 0 aromatic heterocycles. The van der Waals surface area contributed by atoms with Gasteiger partial charge in [0.05, 0.1) is 20.8 Å². The number of nitrogens with zero attached hydrogens (tertiary/aromatic N) is 1. The Kier molecular flexibility index (Phi) is 5.44. The van der Waals surface area contributed by atoms with Crippen molar-refractivity contribution in [1.29, 1.82) is 0 Å². The summed E-state index contributed by atoms with van der Waals surface area (Å²) in [6.45, 7) is 2.25. The molecule has 1 aromatic carbocycles. The maximum atomic E-state index is 12.6. The fourth-order valence-electron chi connectivity index (χ4n) is 2.77. The van der Waals surface area contributed by atoms with Gasteiger partial charge in [-0.05, 0) is 37.0 Å². The molecule has 0 spiro atoms. The van der Waals surface area contributed by atoms with Gasteiger partial charge in [0.25, 0.3) is 5.91 Å². The maximum Gasteiger partial charge on any atom is 0.254 e. The molecule has 1 saturated heterocycles. The number of hydrogen-bond donors (Lipinski definition) is 0. The number of carbonyl (C=O) groups excluding carboxylic acids is 1. The third-order valence-electron chi connectivity index (χ3n) is 3.84. The topological polar surface area (TPSA) is 48.0 Å². The Balaban J connectivity index is 2.12. The first kappa shape index (κ1) is 15.6. The van der Waals surface area contributed by atoms with E-state index in [0.717, 1.165) is 25.9 Å². The van der Waals surface area contributed by atoms with Crippen molar-refractivity contribution in [3.8, 4) is 11.5 Å². The molecule has 1 aromatic rings. The van der Waals surface area contributed by atoms with Gasteiger partial charge in [-0.15, -0.1) is 0 Å². The highest BCUT2D eigenvalue weighted by molar-refractivity contribution is 5.95. The van der Waals surface area contributed by atoms with E-state index in [1.54, 1.807) is 39.5 Å². The second-order valence-electron chi connectivity index (χ2n) is 5.28. The van der Waals surface area contributed by atoms with Crippen LogP contribution in [0.3, 0.4) is 0 Å². The number of rotatable bonds is 5. The Bertz CT molecular complexity index is 487. The van der Waals surface area contributed by atoms with Crippen LogP contribution in [0.1, 0.15) is 23.2 Å². The van der Waals surface area contributed by atoms with Crippen molar-refractivity contribution in [2.75, 3.05) is 41.0 Å². The Morgan fingerprint density at radius 1 is 1.24 bits per heavy atom.